The van der Waals surface area contributed by atoms with Gasteiger partial charge in [-0.2, -0.15) is 0 Å². The molecular weight excluding hydrogens is 246 g/mol. The second-order valence-corrected chi connectivity index (χ2v) is 4.84. The third kappa shape index (κ3) is 3.97. The van der Waals surface area contributed by atoms with E-state index in [4.69, 9.17) is 0 Å². The summed E-state index contributed by atoms with van der Waals surface area (Å²) in [5, 5.41) is 14.6. The van der Waals surface area contributed by atoms with Crippen LogP contribution in [0.4, 0.5) is 0 Å². The van der Waals surface area contributed by atoms with E-state index in [-0.39, 0.29) is 5.91 Å². The van der Waals surface area contributed by atoms with Crippen molar-refractivity contribution in [3.63, 3.8) is 0 Å². The second-order valence-electron chi connectivity index (χ2n) is 4.84. The largest absolute Gasteiger partial charge is 0.340 e. The van der Waals surface area contributed by atoms with Gasteiger partial charge in [-0.1, -0.05) is 0 Å². The molecule has 8 nitrogen and oxygen atoms in total. The van der Waals surface area contributed by atoms with E-state index in [1.165, 1.54) is 0 Å². The lowest BCUT2D eigenvalue weighted by Gasteiger charge is -2.28. The van der Waals surface area contributed by atoms with E-state index in [2.05, 4.69) is 25.7 Å². The van der Waals surface area contributed by atoms with Crippen LogP contribution in [0, 0.1) is 0 Å². The summed E-state index contributed by atoms with van der Waals surface area (Å²) in [6.45, 7) is 4.79. The molecule has 19 heavy (non-hydrogen) atoms. The third-order valence-electron chi connectivity index (χ3n) is 3.30. The van der Waals surface area contributed by atoms with Crippen molar-refractivity contribution in [2.75, 3.05) is 39.8 Å². The predicted molar refractivity (Wildman–Crippen MR) is 69.2 cm³/mol. The molecular formula is C11H21N7O. The topological polar surface area (TPSA) is 79.2 Å². The van der Waals surface area contributed by atoms with E-state index in [9.17, 15) is 4.79 Å². The molecule has 0 spiro atoms. The van der Waals surface area contributed by atoms with Gasteiger partial charge in [0.1, 0.15) is 0 Å². The molecule has 0 saturated carbocycles. The Balaban J connectivity index is 1.72. The number of aromatic nitrogens is 4. The van der Waals surface area contributed by atoms with Gasteiger partial charge in [0.2, 0.25) is 5.91 Å². The molecule has 0 bridgehead atoms. The number of hydrogen-bond acceptors (Lipinski definition) is 6. The van der Waals surface area contributed by atoms with Gasteiger partial charge in [0.15, 0.2) is 5.82 Å². The van der Waals surface area contributed by atoms with Crippen LogP contribution in [-0.4, -0.2) is 75.7 Å². The monoisotopic (exact) mass is 267 g/mol. The fourth-order valence-electron chi connectivity index (χ4n) is 2.06. The number of rotatable bonds is 5. The molecule has 0 atom stereocenters. The third-order valence-corrected chi connectivity index (χ3v) is 3.30. The van der Waals surface area contributed by atoms with Crippen molar-refractivity contribution in [2.45, 2.75) is 13.0 Å². The number of carbonyl (C=O) groups is 1. The molecule has 0 radical (unpaired) electrons. The highest BCUT2D eigenvalue weighted by atomic mass is 16.2. The number of tetrazole rings is 1. The molecule has 2 heterocycles. The van der Waals surface area contributed by atoms with Crippen molar-refractivity contribution < 1.29 is 4.79 Å². The number of carbonyl (C=O) groups excluding carboxylic acids is 1. The molecule has 106 valence electrons. The first-order valence-corrected chi connectivity index (χ1v) is 6.55. The molecule has 1 N–H and O–H groups in total. The van der Waals surface area contributed by atoms with E-state index < -0.39 is 0 Å². The summed E-state index contributed by atoms with van der Waals surface area (Å²) < 4.78 is 1.65. The molecule has 0 unspecified atom stereocenters. The van der Waals surface area contributed by atoms with Crippen LogP contribution in [0.1, 0.15) is 12.2 Å². The number of amides is 1. The Morgan fingerprint density at radius 3 is 2.79 bits per heavy atom. The van der Waals surface area contributed by atoms with Gasteiger partial charge in [0.25, 0.3) is 0 Å². The zero-order valence-electron chi connectivity index (χ0n) is 11.5. The molecule has 2 rings (SSSR count). The fraction of sp³-hybridized carbons (Fsp3) is 0.818. The van der Waals surface area contributed by atoms with Crippen molar-refractivity contribution in [1.29, 1.82) is 0 Å². The summed E-state index contributed by atoms with van der Waals surface area (Å²) in [5.74, 6) is 1.03. The summed E-state index contributed by atoms with van der Waals surface area (Å²) in [7, 11) is 3.79. The lowest BCUT2D eigenvalue weighted by atomic mass is 10.3. The zero-order chi connectivity index (χ0) is 13.7. The lowest BCUT2D eigenvalue weighted by molar-refractivity contribution is -0.132. The van der Waals surface area contributed by atoms with Crippen LogP contribution in [0.3, 0.4) is 0 Å². The Morgan fingerprint density at radius 2 is 2.16 bits per heavy atom. The van der Waals surface area contributed by atoms with Crippen LogP contribution in [0.5, 0.6) is 0 Å². The summed E-state index contributed by atoms with van der Waals surface area (Å²) in [4.78, 5) is 16.0. The van der Waals surface area contributed by atoms with Crippen molar-refractivity contribution >= 4 is 5.91 Å². The van der Waals surface area contributed by atoms with Crippen LogP contribution in [0.2, 0.25) is 0 Å². The van der Waals surface area contributed by atoms with Gasteiger partial charge in [0, 0.05) is 46.2 Å². The number of nitrogens with one attached hydrogen (secondary N) is 1. The maximum Gasteiger partial charge on any atom is 0.223 e. The Kier molecular flexibility index (Phi) is 4.80. The first-order chi connectivity index (χ1) is 9.16. The van der Waals surface area contributed by atoms with Crippen LogP contribution in [0.25, 0.3) is 0 Å². The number of piperazine rings is 1. The SMILES string of the molecule is CN(CCC(=O)N1CCNCC1)Cc1nnnn1C. The first kappa shape index (κ1) is 13.9. The minimum absolute atomic E-state index is 0.226. The quantitative estimate of drug-likeness (QED) is 0.697. The van der Waals surface area contributed by atoms with Crippen molar-refractivity contribution in [2.24, 2.45) is 7.05 Å². The molecule has 1 aliphatic rings. The second kappa shape index (κ2) is 6.58. The highest BCUT2D eigenvalue weighted by Crippen LogP contribution is 2.01. The van der Waals surface area contributed by atoms with E-state index in [1.807, 2.05) is 19.0 Å². The molecule has 0 aromatic carbocycles. The van der Waals surface area contributed by atoms with Gasteiger partial charge >= 0.3 is 0 Å². The number of aryl methyl sites for hydroxylation is 1. The van der Waals surface area contributed by atoms with Gasteiger partial charge in [0.05, 0.1) is 6.54 Å². The molecule has 1 fully saturated rings. The van der Waals surface area contributed by atoms with Gasteiger partial charge in [-0.15, -0.1) is 5.10 Å². The smallest absolute Gasteiger partial charge is 0.223 e. The Bertz CT molecular complexity index is 413. The molecule has 1 amide bonds. The van der Waals surface area contributed by atoms with E-state index >= 15 is 0 Å². The number of hydrogen-bond donors (Lipinski definition) is 1. The van der Waals surface area contributed by atoms with Gasteiger partial charge < -0.3 is 10.2 Å². The maximum atomic E-state index is 12.0. The van der Waals surface area contributed by atoms with Crippen LogP contribution < -0.4 is 5.32 Å². The molecule has 0 aliphatic carbocycles. The predicted octanol–water partition coefficient (Wildman–Crippen LogP) is -1.54. The highest BCUT2D eigenvalue weighted by molar-refractivity contribution is 5.76. The molecule has 8 heteroatoms. The van der Waals surface area contributed by atoms with Crippen molar-refractivity contribution in [3.05, 3.63) is 5.82 Å². The van der Waals surface area contributed by atoms with Crippen LogP contribution >= 0.6 is 0 Å². The van der Waals surface area contributed by atoms with E-state index in [1.54, 1.807) is 4.68 Å². The molecule has 1 aromatic heterocycles. The summed E-state index contributed by atoms with van der Waals surface area (Å²) in [6.07, 6.45) is 0.543. The highest BCUT2D eigenvalue weighted by Gasteiger charge is 2.16. The summed E-state index contributed by atoms with van der Waals surface area (Å²) in [5.41, 5.74) is 0. The van der Waals surface area contributed by atoms with E-state index in [0.717, 1.165) is 38.5 Å². The van der Waals surface area contributed by atoms with Gasteiger partial charge in [-0.3, -0.25) is 9.69 Å². The average Bonchev–Trinajstić information content (AvgIpc) is 2.82. The molecule has 1 aromatic rings. The first-order valence-electron chi connectivity index (χ1n) is 6.55. The Labute approximate surface area is 112 Å². The number of nitrogens with zero attached hydrogens (tertiary/aromatic N) is 6. The average molecular weight is 267 g/mol. The van der Waals surface area contributed by atoms with Crippen LogP contribution in [-0.2, 0) is 18.4 Å². The minimum atomic E-state index is 0.226. The van der Waals surface area contributed by atoms with Crippen molar-refractivity contribution in [3.8, 4) is 0 Å². The lowest BCUT2D eigenvalue weighted by Crippen LogP contribution is -2.47. The van der Waals surface area contributed by atoms with E-state index in [0.29, 0.717) is 13.0 Å². The maximum absolute atomic E-state index is 12.0. The Hall–Kier alpha value is -1.54. The normalized spacial score (nSPS) is 16.1. The fourth-order valence-corrected chi connectivity index (χ4v) is 2.06. The minimum Gasteiger partial charge on any atom is -0.340 e. The molecule has 1 aliphatic heterocycles. The zero-order valence-corrected chi connectivity index (χ0v) is 11.5. The van der Waals surface area contributed by atoms with Gasteiger partial charge in [-0.05, 0) is 17.5 Å². The van der Waals surface area contributed by atoms with Crippen molar-refractivity contribution in [1.82, 2.24) is 35.3 Å². The standard InChI is InChI=1S/C11H21N7O/c1-16(9-10-13-14-15-17(10)2)6-3-11(19)18-7-4-12-5-8-18/h12H,3-9H2,1-2H3. The summed E-state index contributed by atoms with van der Waals surface area (Å²) in [6, 6.07) is 0. The Morgan fingerprint density at radius 1 is 1.42 bits per heavy atom. The van der Waals surface area contributed by atoms with Gasteiger partial charge in [-0.25, -0.2) is 4.68 Å². The summed E-state index contributed by atoms with van der Waals surface area (Å²) >= 11 is 0. The molecule has 1 saturated heterocycles. The van der Waals surface area contributed by atoms with Crippen LogP contribution in [0.15, 0.2) is 0 Å².